The fraction of sp³-hybridized carbons (Fsp3) is 0.538. The maximum absolute atomic E-state index is 13.5. The number of benzene rings is 1. The van der Waals surface area contributed by atoms with Gasteiger partial charge < -0.3 is 19.8 Å². The number of ether oxygens (including phenoxy) is 1. The van der Waals surface area contributed by atoms with Crippen LogP contribution in [0.15, 0.2) is 12.1 Å². The van der Waals surface area contributed by atoms with Gasteiger partial charge in [-0.05, 0) is 33.8 Å². The lowest BCUT2D eigenvalue weighted by molar-refractivity contribution is 0.00578. The van der Waals surface area contributed by atoms with Crippen molar-refractivity contribution in [3.63, 3.8) is 0 Å². The average Bonchev–Trinajstić information content (AvgIpc) is 2.47. The van der Waals surface area contributed by atoms with Crippen LogP contribution in [0.5, 0.6) is 5.75 Å². The van der Waals surface area contributed by atoms with Crippen LogP contribution in [0, 0.1) is 5.82 Å². The van der Waals surface area contributed by atoms with Crippen LogP contribution in [0.1, 0.15) is 27.7 Å². The second kappa shape index (κ2) is 5.43. The van der Waals surface area contributed by atoms with Crippen LogP contribution in [0.25, 0.3) is 0 Å². The predicted molar refractivity (Wildman–Crippen MR) is 80.3 cm³/mol. The predicted octanol–water partition coefficient (Wildman–Crippen LogP) is 2.14. The van der Waals surface area contributed by atoms with Gasteiger partial charge in [-0.1, -0.05) is 0 Å². The summed E-state index contributed by atoms with van der Waals surface area (Å²) in [5, 5.41) is 0. The zero-order valence-corrected chi connectivity index (χ0v) is 13.1. The minimum atomic E-state index is -0.696. The average molecular weight is 304 g/mol. The summed E-state index contributed by atoms with van der Waals surface area (Å²) in [6.45, 7) is 7.73. The molecule has 4 nitrogen and oxygen atoms in total. The quantitative estimate of drug-likeness (QED) is 0.672. The summed E-state index contributed by atoms with van der Waals surface area (Å²) < 4.78 is 30.5. The Morgan fingerprint density at radius 3 is 2.10 bits per heavy atom. The lowest BCUT2D eigenvalue weighted by Crippen LogP contribution is -2.41. The standard InChI is InChI=1S/C13H19BFNO3.ClH/c1-12(2)13(3,4)19-14(18-12)9-6-8(15)7-10(16)11(9)17-5;/h6-7H,16H2,1-5H3;1H. The molecule has 0 unspecified atom stereocenters. The van der Waals surface area contributed by atoms with Gasteiger partial charge in [0.2, 0.25) is 0 Å². The number of hydrogen-bond donors (Lipinski definition) is 1. The van der Waals surface area contributed by atoms with Gasteiger partial charge >= 0.3 is 7.12 Å². The zero-order chi connectivity index (χ0) is 14.4. The number of rotatable bonds is 2. The van der Waals surface area contributed by atoms with Crippen molar-refractivity contribution in [1.29, 1.82) is 0 Å². The molecule has 0 saturated carbocycles. The van der Waals surface area contributed by atoms with Crippen LogP contribution in [0.4, 0.5) is 10.1 Å². The Labute approximate surface area is 125 Å². The molecule has 0 aliphatic carbocycles. The van der Waals surface area contributed by atoms with Gasteiger partial charge in [0.15, 0.2) is 0 Å². The molecule has 2 N–H and O–H groups in total. The van der Waals surface area contributed by atoms with E-state index in [1.807, 2.05) is 27.7 Å². The summed E-state index contributed by atoms with van der Waals surface area (Å²) in [6, 6.07) is 2.55. The van der Waals surface area contributed by atoms with E-state index in [1.54, 1.807) is 0 Å². The summed E-state index contributed by atoms with van der Waals surface area (Å²) in [4.78, 5) is 0. The molecule has 0 radical (unpaired) electrons. The fourth-order valence-electron chi connectivity index (χ4n) is 2.02. The van der Waals surface area contributed by atoms with E-state index in [4.69, 9.17) is 19.8 Å². The van der Waals surface area contributed by atoms with E-state index < -0.39 is 24.1 Å². The van der Waals surface area contributed by atoms with Gasteiger partial charge in [0.25, 0.3) is 0 Å². The summed E-state index contributed by atoms with van der Waals surface area (Å²) in [7, 11) is 0.788. The first kappa shape index (κ1) is 17.1. The van der Waals surface area contributed by atoms with Crippen molar-refractivity contribution in [2.75, 3.05) is 12.8 Å². The van der Waals surface area contributed by atoms with E-state index in [-0.39, 0.29) is 18.1 Å². The summed E-state index contributed by atoms with van der Waals surface area (Å²) in [5.41, 5.74) is 5.47. The molecule has 1 aliphatic rings. The zero-order valence-electron chi connectivity index (χ0n) is 12.3. The van der Waals surface area contributed by atoms with E-state index in [0.717, 1.165) is 0 Å². The summed E-state index contributed by atoms with van der Waals surface area (Å²) in [5.74, 6) is -0.0529. The van der Waals surface area contributed by atoms with E-state index >= 15 is 0 Å². The largest absolute Gasteiger partial charge is 0.498 e. The topological polar surface area (TPSA) is 53.7 Å². The maximum Gasteiger partial charge on any atom is 0.498 e. The van der Waals surface area contributed by atoms with Crippen molar-refractivity contribution < 1.29 is 18.4 Å². The molecule has 1 aromatic rings. The monoisotopic (exact) mass is 303 g/mol. The fourth-order valence-corrected chi connectivity index (χ4v) is 2.02. The van der Waals surface area contributed by atoms with Gasteiger partial charge in [0.1, 0.15) is 11.6 Å². The van der Waals surface area contributed by atoms with Gasteiger partial charge in [-0.3, -0.25) is 0 Å². The van der Waals surface area contributed by atoms with Crippen LogP contribution >= 0.6 is 12.4 Å². The third kappa shape index (κ3) is 2.73. The Balaban J connectivity index is 0.00000200. The molecule has 0 spiro atoms. The van der Waals surface area contributed by atoms with E-state index in [0.29, 0.717) is 11.2 Å². The molecule has 1 aliphatic heterocycles. The van der Waals surface area contributed by atoms with Gasteiger partial charge in [-0.15, -0.1) is 12.4 Å². The van der Waals surface area contributed by atoms with Crippen LogP contribution in [-0.2, 0) is 9.31 Å². The van der Waals surface area contributed by atoms with Crippen molar-refractivity contribution in [2.24, 2.45) is 0 Å². The van der Waals surface area contributed by atoms with E-state index in [1.165, 1.54) is 19.2 Å². The molecule has 20 heavy (non-hydrogen) atoms. The molecule has 0 atom stereocenters. The van der Waals surface area contributed by atoms with E-state index in [2.05, 4.69) is 0 Å². The second-order valence-corrected chi connectivity index (χ2v) is 5.71. The van der Waals surface area contributed by atoms with Crippen molar-refractivity contribution >= 4 is 30.7 Å². The first-order valence-electron chi connectivity index (χ1n) is 6.16. The maximum atomic E-state index is 13.5. The molecule has 1 heterocycles. The Morgan fingerprint density at radius 2 is 1.65 bits per heavy atom. The number of hydrogen-bond acceptors (Lipinski definition) is 4. The molecular formula is C13H20BClFNO3. The summed E-state index contributed by atoms with van der Waals surface area (Å²) in [6.07, 6.45) is 0. The normalized spacial score (nSPS) is 19.6. The highest BCUT2D eigenvalue weighted by molar-refractivity contribution is 6.63. The van der Waals surface area contributed by atoms with Crippen LogP contribution in [0.2, 0.25) is 0 Å². The first-order chi connectivity index (χ1) is 8.68. The van der Waals surface area contributed by atoms with Crippen molar-refractivity contribution in [1.82, 2.24) is 0 Å². The first-order valence-corrected chi connectivity index (χ1v) is 6.16. The molecule has 1 fully saturated rings. The molecular weight excluding hydrogens is 283 g/mol. The molecule has 0 aromatic heterocycles. The second-order valence-electron chi connectivity index (χ2n) is 5.71. The third-order valence-electron chi connectivity index (χ3n) is 3.82. The molecule has 2 rings (SSSR count). The van der Waals surface area contributed by atoms with Crippen LogP contribution in [-0.4, -0.2) is 25.4 Å². The van der Waals surface area contributed by atoms with Crippen molar-refractivity contribution in [3.05, 3.63) is 17.9 Å². The van der Waals surface area contributed by atoms with Crippen molar-refractivity contribution in [3.8, 4) is 5.75 Å². The molecule has 7 heteroatoms. The van der Waals surface area contributed by atoms with E-state index in [9.17, 15) is 4.39 Å². The highest BCUT2D eigenvalue weighted by Gasteiger charge is 2.52. The van der Waals surface area contributed by atoms with Crippen LogP contribution in [0.3, 0.4) is 0 Å². The highest BCUT2D eigenvalue weighted by Crippen LogP contribution is 2.37. The minimum absolute atomic E-state index is 0. The lowest BCUT2D eigenvalue weighted by atomic mass is 9.78. The molecule has 0 amide bonds. The number of anilines is 1. The number of nitrogens with two attached hydrogens (primary N) is 1. The Kier molecular flexibility index (Phi) is 4.63. The SMILES string of the molecule is COc1c(N)cc(F)cc1B1OC(C)(C)C(C)(C)O1.Cl. The van der Waals surface area contributed by atoms with Gasteiger partial charge in [-0.2, -0.15) is 0 Å². The Morgan fingerprint density at radius 1 is 1.15 bits per heavy atom. The highest BCUT2D eigenvalue weighted by atomic mass is 35.5. The number of halogens is 2. The summed E-state index contributed by atoms with van der Waals surface area (Å²) >= 11 is 0. The Hall–Kier alpha value is -0.975. The van der Waals surface area contributed by atoms with Gasteiger partial charge in [-0.25, -0.2) is 4.39 Å². The van der Waals surface area contributed by atoms with Crippen molar-refractivity contribution in [2.45, 2.75) is 38.9 Å². The third-order valence-corrected chi connectivity index (χ3v) is 3.82. The molecule has 112 valence electrons. The lowest BCUT2D eigenvalue weighted by Gasteiger charge is -2.32. The molecule has 0 bridgehead atoms. The number of nitrogen functional groups attached to an aromatic ring is 1. The minimum Gasteiger partial charge on any atom is -0.495 e. The van der Waals surface area contributed by atoms with Crippen LogP contribution < -0.4 is 15.9 Å². The Bertz CT molecular complexity index is 495. The molecule has 1 aromatic carbocycles. The number of methoxy groups -OCH3 is 1. The smallest absolute Gasteiger partial charge is 0.495 e. The van der Waals surface area contributed by atoms with Gasteiger partial charge in [0, 0.05) is 11.5 Å². The van der Waals surface area contributed by atoms with Gasteiger partial charge in [0.05, 0.1) is 24.0 Å². The molecule has 1 saturated heterocycles.